The molecule has 0 aliphatic heterocycles. The number of hydrogen-bond donors (Lipinski definition) is 1. The van der Waals surface area contributed by atoms with Crippen LogP contribution in [0.25, 0.3) is 0 Å². The number of hydrogen-bond acceptors (Lipinski definition) is 3. The van der Waals surface area contributed by atoms with Crippen LogP contribution in [-0.4, -0.2) is 18.6 Å². The lowest BCUT2D eigenvalue weighted by atomic mass is 9.72. The van der Waals surface area contributed by atoms with Crippen molar-refractivity contribution in [2.24, 2.45) is 17.6 Å². The van der Waals surface area contributed by atoms with Gasteiger partial charge in [-0.15, -0.1) is 0 Å². The molecule has 2 unspecified atom stereocenters. The summed E-state index contributed by atoms with van der Waals surface area (Å²) in [5.74, 6) is 0.915. The van der Waals surface area contributed by atoms with Crippen molar-refractivity contribution in [3.63, 3.8) is 0 Å². The lowest BCUT2D eigenvalue weighted by Crippen LogP contribution is -2.52. The highest BCUT2D eigenvalue weighted by Gasteiger charge is 2.40. The Balaban J connectivity index is 2.67. The maximum atomic E-state index is 11.5. The van der Waals surface area contributed by atoms with E-state index in [4.69, 9.17) is 10.5 Å². The first-order valence-corrected chi connectivity index (χ1v) is 5.37. The van der Waals surface area contributed by atoms with Gasteiger partial charge in [-0.1, -0.05) is 26.7 Å². The SMILES string of the molecule is COC(=O)C1(N)CCCC(C(C)C)C1. The van der Waals surface area contributed by atoms with Crippen LogP contribution in [0.2, 0.25) is 0 Å². The van der Waals surface area contributed by atoms with E-state index in [9.17, 15) is 4.79 Å². The highest BCUT2D eigenvalue weighted by Crippen LogP contribution is 2.35. The van der Waals surface area contributed by atoms with E-state index >= 15 is 0 Å². The van der Waals surface area contributed by atoms with Gasteiger partial charge >= 0.3 is 5.97 Å². The fourth-order valence-corrected chi connectivity index (χ4v) is 2.31. The van der Waals surface area contributed by atoms with E-state index in [1.807, 2.05) is 0 Å². The van der Waals surface area contributed by atoms with Gasteiger partial charge < -0.3 is 10.5 Å². The van der Waals surface area contributed by atoms with Crippen LogP contribution < -0.4 is 5.73 Å². The van der Waals surface area contributed by atoms with Gasteiger partial charge in [0.1, 0.15) is 5.54 Å². The molecule has 1 saturated carbocycles. The zero-order valence-electron chi connectivity index (χ0n) is 9.38. The molecular formula is C11H21NO2. The largest absolute Gasteiger partial charge is 0.468 e. The van der Waals surface area contributed by atoms with Crippen molar-refractivity contribution in [1.82, 2.24) is 0 Å². The quantitative estimate of drug-likeness (QED) is 0.689. The Kier molecular flexibility index (Phi) is 3.53. The lowest BCUT2D eigenvalue weighted by molar-refractivity contribution is -0.149. The average Bonchev–Trinajstić information content (AvgIpc) is 2.16. The molecule has 1 rings (SSSR count). The highest BCUT2D eigenvalue weighted by atomic mass is 16.5. The summed E-state index contributed by atoms with van der Waals surface area (Å²) in [7, 11) is 1.41. The molecule has 0 aromatic rings. The Labute approximate surface area is 86.0 Å². The molecule has 0 radical (unpaired) electrons. The van der Waals surface area contributed by atoms with Gasteiger partial charge in [-0.3, -0.25) is 4.79 Å². The van der Waals surface area contributed by atoms with E-state index in [1.165, 1.54) is 13.5 Å². The van der Waals surface area contributed by atoms with Crippen molar-refractivity contribution in [2.45, 2.75) is 45.1 Å². The minimum atomic E-state index is -0.720. The van der Waals surface area contributed by atoms with Crippen molar-refractivity contribution in [1.29, 1.82) is 0 Å². The van der Waals surface area contributed by atoms with E-state index in [2.05, 4.69) is 13.8 Å². The number of carbonyl (C=O) groups is 1. The first kappa shape index (κ1) is 11.5. The summed E-state index contributed by atoms with van der Waals surface area (Å²) in [4.78, 5) is 11.5. The molecular weight excluding hydrogens is 178 g/mol. The van der Waals surface area contributed by atoms with Crippen molar-refractivity contribution in [2.75, 3.05) is 7.11 Å². The third-order valence-electron chi connectivity index (χ3n) is 3.36. The molecule has 2 N–H and O–H groups in total. The summed E-state index contributed by atoms with van der Waals surface area (Å²) in [6, 6.07) is 0. The van der Waals surface area contributed by atoms with Gasteiger partial charge in [0.25, 0.3) is 0 Å². The third-order valence-corrected chi connectivity index (χ3v) is 3.36. The standard InChI is InChI=1S/C11H21NO2/c1-8(2)9-5-4-6-11(12,7-9)10(13)14-3/h8-9H,4-7,12H2,1-3H3. The zero-order chi connectivity index (χ0) is 10.8. The van der Waals surface area contributed by atoms with Crippen LogP contribution in [-0.2, 0) is 9.53 Å². The molecule has 3 nitrogen and oxygen atoms in total. The van der Waals surface area contributed by atoms with Gasteiger partial charge in [-0.2, -0.15) is 0 Å². The molecule has 1 fully saturated rings. The smallest absolute Gasteiger partial charge is 0.325 e. The number of esters is 1. The van der Waals surface area contributed by atoms with Crippen LogP contribution in [0.5, 0.6) is 0 Å². The number of carbonyl (C=O) groups excluding carboxylic acids is 1. The number of nitrogens with two attached hydrogens (primary N) is 1. The van der Waals surface area contributed by atoms with Crippen molar-refractivity contribution in [3.05, 3.63) is 0 Å². The summed E-state index contributed by atoms with van der Waals surface area (Å²) in [6.45, 7) is 4.38. The Morgan fingerprint density at radius 2 is 2.21 bits per heavy atom. The van der Waals surface area contributed by atoms with Crippen LogP contribution in [0.3, 0.4) is 0 Å². The molecule has 0 spiro atoms. The van der Waals surface area contributed by atoms with Gasteiger partial charge in [0.05, 0.1) is 7.11 Å². The third kappa shape index (κ3) is 2.27. The Morgan fingerprint density at radius 1 is 1.57 bits per heavy atom. The molecule has 0 bridgehead atoms. The zero-order valence-corrected chi connectivity index (χ0v) is 9.38. The number of methoxy groups -OCH3 is 1. The summed E-state index contributed by atoms with van der Waals surface area (Å²) in [5, 5.41) is 0. The Hall–Kier alpha value is -0.570. The molecule has 0 aromatic heterocycles. The molecule has 2 atom stereocenters. The Bertz CT molecular complexity index is 215. The molecule has 0 heterocycles. The lowest BCUT2D eigenvalue weighted by Gasteiger charge is -2.37. The summed E-state index contributed by atoms with van der Waals surface area (Å²) in [6.07, 6.45) is 3.77. The van der Waals surface area contributed by atoms with E-state index in [0.717, 1.165) is 19.3 Å². The number of ether oxygens (including phenoxy) is 1. The second-order valence-electron chi connectivity index (χ2n) is 4.75. The molecule has 14 heavy (non-hydrogen) atoms. The van der Waals surface area contributed by atoms with E-state index in [-0.39, 0.29) is 5.97 Å². The summed E-state index contributed by atoms with van der Waals surface area (Å²) >= 11 is 0. The molecule has 1 aliphatic carbocycles. The van der Waals surface area contributed by atoms with Crippen LogP contribution >= 0.6 is 0 Å². The predicted molar refractivity (Wildman–Crippen MR) is 55.7 cm³/mol. The van der Waals surface area contributed by atoms with Gasteiger partial charge in [0, 0.05) is 0 Å². The van der Waals surface area contributed by atoms with Gasteiger partial charge in [0.2, 0.25) is 0 Å². The normalized spacial score (nSPS) is 33.1. The van der Waals surface area contributed by atoms with Crippen LogP contribution in [0.4, 0.5) is 0 Å². The van der Waals surface area contributed by atoms with Gasteiger partial charge in [-0.25, -0.2) is 0 Å². The molecule has 82 valence electrons. The first-order valence-electron chi connectivity index (χ1n) is 5.37. The van der Waals surface area contributed by atoms with E-state index in [1.54, 1.807) is 0 Å². The maximum absolute atomic E-state index is 11.5. The highest BCUT2D eigenvalue weighted by molar-refractivity contribution is 5.80. The van der Waals surface area contributed by atoms with Gasteiger partial charge in [0.15, 0.2) is 0 Å². The van der Waals surface area contributed by atoms with E-state index in [0.29, 0.717) is 11.8 Å². The minimum Gasteiger partial charge on any atom is -0.468 e. The molecule has 0 amide bonds. The van der Waals surface area contributed by atoms with Crippen molar-refractivity contribution >= 4 is 5.97 Å². The van der Waals surface area contributed by atoms with Crippen LogP contribution in [0.15, 0.2) is 0 Å². The number of rotatable bonds is 2. The minimum absolute atomic E-state index is 0.247. The first-order chi connectivity index (χ1) is 6.49. The molecule has 3 heteroatoms. The molecule has 1 aliphatic rings. The van der Waals surface area contributed by atoms with Crippen molar-refractivity contribution in [3.8, 4) is 0 Å². The molecule has 0 aromatic carbocycles. The maximum Gasteiger partial charge on any atom is 0.325 e. The summed E-state index contributed by atoms with van der Waals surface area (Å²) < 4.78 is 4.76. The average molecular weight is 199 g/mol. The fourth-order valence-electron chi connectivity index (χ4n) is 2.31. The summed E-state index contributed by atoms with van der Waals surface area (Å²) in [5.41, 5.74) is 5.35. The fraction of sp³-hybridized carbons (Fsp3) is 0.909. The van der Waals surface area contributed by atoms with Crippen LogP contribution in [0, 0.1) is 11.8 Å². The Morgan fingerprint density at radius 3 is 2.71 bits per heavy atom. The topological polar surface area (TPSA) is 52.3 Å². The second-order valence-corrected chi connectivity index (χ2v) is 4.75. The predicted octanol–water partition coefficient (Wildman–Crippen LogP) is 1.70. The molecule has 0 saturated heterocycles. The van der Waals surface area contributed by atoms with Crippen LogP contribution in [0.1, 0.15) is 39.5 Å². The van der Waals surface area contributed by atoms with E-state index < -0.39 is 5.54 Å². The second kappa shape index (κ2) is 4.30. The monoisotopic (exact) mass is 199 g/mol. The van der Waals surface area contributed by atoms with Crippen molar-refractivity contribution < 1.29 is 9.53 Å². The van der Waals surface area contributed by atoms with Gasteiger partial charge in [-0.05, 0) is 24.7 Å².